The fraction of sp³-hybridized carbons (Fsp3) is 0.182. The van der Waals surface area contributed by atoms with E-state index in [0.717, 1.165) is 0 Å². The van der Waals surface area contributed by atoms with Gasteiger partial charge in [-0.25, -0.2) is 13.1 Å². The van der Waals surface area contributed by atoms with Gasteiger partial charge in [0, 0.05) is 11.1 Å². The van der Waals surface area contributed by atoms with E-state index in [-0.39, 0.29) is 17.1 Å². The SMILES string of the molecule is Cc1cc(CNS(=O)(=O)c2ccc(Cl)cc2N)on1. The molecule has 0 saturated carbocycles. The fourth-order valence-electron chi connectivity index (χ4n) is 1.51. The standard InChI is InChI=1S/C11H12ClN3O3S/c1-7-4-9(18-15-7)6-14-19(16,17)11-3-2-8(12)5-10(11)13/h2-5,14H,6,13H2,1H3. The molecule has 6 nitrogen and oxygen atoms in total. The van der Waals surface area contributed by atoms with Gasteiger partial charge in [0.15, 0.2) is 5.76 Å². The zero-order chi connectivity index (χ0) is 14.0. The van der Waals surface area contributed by atoms with Crippen molar-refractivity contribution in [3.05, 3.63) is 40.7 Å². The predicted molar refractivity (Wildman–Crippen MR) is 71.1 cm³/mol. The third-order valence-corrected chi connectivity index (χ3v) is 4.08. The molecule has 2 rings (SSSR count). The lowest BCUT2D eigenvalue weighted by Crippen LogP contribution is -2.23. The Morgan fingerprint density at radius 2 is 2.16 bits per heavy atom. The van der Waals surface area contributed by atoms with Crippen LogP contribution >= 0.6 is 11.6 Å². The number of hydrogen-bond donors (Lipinski definition) is 2. The van der Waals surface area contributed by atoms with Crippen molar-refractivity contribution in [2.75, 3.05) is 5.73 Å². The van der Waals surface area contributed by atoms with Crippen LogP contribution in [0.5, 0.6) is 0 Å². The summed E-state index contributed by atoms with van der Waals surface area (Å²) in [7, 11) is -3.72. The zero-order valence-electron chi connectivity index (χ0n) is 10.1. The normalized spacial score (nSPS) is 11.7. The molecule has 0 atom stereocenters. The molecule has 1 heterocycles. The maximum atomic E-state index is 12.0. The summed E-state index contributed by atoms with van der Waals surface area (Å²) in [6, 6.07) is 5.85. The average Bonchev–Trinajstić information content (AvgIpc) is 2.72. The lowest BCUT2D eigenvalue weighted by atomic mass is 10.3. The van der Waals surface area contributed by atoms with E-state index in [4.69, 9.17) is 21.9 Å². The highest BCUT2D eigenvalue weighted by atomic mass is 35.5. The molecule has 1 aromatic heterocycles. The van der Waals surface area contributed by atoms with Gasteiger partial charge in [-0.2, -0.15) is 0 Å². The number of nitrogens with zero attached hydrogens (tertiary/aromatic N) is 1. The second-order valence-electron chi connectivity index (χ2n) is 3.94. The van der Waals surface area contributed by atoms with Gasteiger partial charge in [-0.1, -0.05) is 16.8 Å². The Labute approximate surface area is 115 Å². The molecule has 0 radical (unpaired) electrons. The highest BCUT2D eigenvalue weighted by Gasteiger charge is 2.18. The van der Waals surface area contributed by atoms with Crippen LogP contribution in [0.15, 0.2) is 33.7 Å². The monoisotopic (exact) mass is 301 g/mol. The minimum atomic E-state index is -3.72. The number of hydrogen-bond acceptors (Lipinski definition) is 5. The average molecular weight is 302 g/mol. The predicted octanol–water partition coefficient (Wildman–Crippen LogP) is 1.70. The number of aryl methyl sites for hydroxylation is 1. The van der Waals surface area contributed by atoms with E-state index < -0.39 is 10.0 Å². The number of rotatable bonds is 4. The molecule has 0 aliphatic rings. The van der Waals surface area contributed by atoms with Crippen LogP contribution in [0.25, 0.3) is 0 Å². The molecule has 0 saturated heterocycles. The number of nitrogens with one attached hydrogen (secondary N) is 1. The molecular weight excluding hydrogens is 290 g/mol. The van der Waals surface area contributed by atoms with E-state index >= 15 is 0 Å². The molecule has 19 heavy (non-hydrogen) atoms. The van der Waals surface area contributed by atoms with Crippen LogP contribution in [0.3, 0.4) is 0 Å². The van der Waals surface area contributed by atoms with Gasteiger partial charge in [0.1, 0.15) is 4.90 Å². The van der Waals surface area contributed by atoms with Gasteiger partial charge >= 0.3 is 0 Å². The fourth-order valence-corrected chi connectivity index (χ4v) is 2.79. The quantitative estimate of drug-likeness (QED) is 0.837. The van der Waals surface area contributed by atoms with Gasteiger partial charge in [0.2, 0.25) is 10.0 Å². The van der Waals surface area contributed by atoms with Gasteiger partial charge in [-0.15, -0.1) is 0 Å². The number of anilines is 1. The summed E-state index contributed by atoms with van der Waals surface area (Å²) in [6.07, 6.45) is 0. The summed E-state index contributed by atoms with van der Waals surface area (Å²) in [5.74, 6) is 0.425. The molecule has 0 amide bonds. The van der Waals surface area contributed by atoms with Gasteiger partial charge < -0.3 is 10.3 Å². The Morgan fingerprint density at radius 3 is 2.74 bits per heavy atom. The second-order valence-corrected chi connectivity index (χ2v) is 6.11. The van der Waals surface area contributed by atoms with E-state index in [0.29, 0.717) is 16.5 Å². The molecule has 3 N–H and O–H groups in total. The van der Waals surface area contributed by atoms with Gasteiger partial charge in [0.05, 0.1) is 17.9 Å². The Hall–Kier alpha value is -1.57. The molecule has 0 spiro atoms. The van der Waals surface area contributed by atoms with E-state index in [1.807, 2.05) is 0 Å². The Morgan fingerprint density at radius 1 is 1.42 bits per heavy atom. The highest BCUT2D eigenvalue weighted by molar-refractivity contribution is 7.89. The van der Waals surface area contributed by atoms with Crippen LogP contribution in [0.1, 0.15) is 11.5 Å². The zero-order valence-corrected chi connectivity index (χ0v) is 11.6. The first-order chi connectivity index (χ1) is 8.88. The first kappa shape index (κ1) is 13.9. The van der Waals surface area contributed by atoms with E-state index in [1.165, 1.54) is 18.2 Å². The van der Waals surface area contributed by atoms with E-state index in [9.17, 15) is 8.42 Å². The first-order valence-electron chi connectivity index (χ1n) is 5.35. The highest BCUT2D eigenvalue weighted by Crippen LogP contribution is 2.22. The molecule has 102 valence electrons. The molecule has 0 bridgehead atoms. The lowest BCUT2D eigenvalue weighted by molar-refractivity contribution is 0.377. The number of nitrogen functional groups attached to an aromatic ring is 1. The van der Waals surface area contributed by atoms with Crippen LogP contribution in [0, 0.1) is 6.92 Å². The minimum Gasteiger partial charge on any atom is -0.398 e. The van der Waals surface area contributed by atoms with Gasteiger partial charge in [-0.3, -0.25) is 0 Å². The van der Waals surface area contributed by atoms with Crippen molar-refractivity contribution in [3.63, 3.8) is 0 Å². The minimum absolute atomic E-state index is 0.00520. The van der Waals surface area contributed by atoms with Crippen molar-refractivity contribution in [2.24, 2.45) is 0 Å². The van der Waals surface area contributed by atoms with Crippen molar-refractivity contribution in [2.45, 2.75) is 18.4 Å². The Kier molecular flexibility index (Phi) is 3.79. The van der Waals surface area contributed by atoms with Crippen molar-refractivity contribution >= 4 is 27.3 Å². The maximum Gasteiger partial charge on any atom is 0.243 e. The topological polar surface area (TPSA) is 98.2 Å². The van der Waals surface area contributed by atoms with E-state index in [2.05, 4.69) is 9.88 Å². The largest absolute Gasteiger partial charge is 0.398 e. The third-order valence-electron chi connectivity index (χ3n) is 2.37. The van der Waals surface area contributed by atoms with Crippen LogP contribution in [0.4, 0.5) is 5.69 Å². The van der Waals surface area contributed by atoms with Crippen LogP contribution in [0.2, 0.25) is 5.02 Å². The number of nitrogens with two attached hydrogens (primary N) is 1. The van der Waals surface area contributed by atoms with Crippen molar-refractivity contribution < 1.29 is 12.9 Å². The Bertz CT molecular complexity index is 697. The van der Waals surface area contributed by atoms with Crippen LogP contribution in [-0.4, -0.2) is 13.6 Å². The summed E-state index contributed by atoms with van der Waals surface area (Å²) in [5.41, 5.74) is 6.41. The van der Waals surface area contributed by atoms with Crippen molar-refractivity contribution in [1.29, 1.82) is 0 Å². The maximum absolute atomic E-state index is 12.0. The summed E-state index contributed by atoms with van der Waals surface area (Å²) in [4.78, 5) is -0.0202. The number of sulfonamides is 1. The van der Waals surface area contributed by atoms with Crippen LogP contribution in [-0.2, 0) is 16.6 Å². The molecule has 0 aliphatic carbocycles. The Balaban J connectivity index is 2.18. The summed E-state index contributed by atoms with van der Waals surface area (Å²) >= 11 is 5.72. The molecule has 8 heteroatoms. The summed E-state index contributed by atoms with van der Waals surface area (Å²) < 4.78 is 31.4. The third kappa shape index (κ3) is 3.25. The molecular formula is C11H12ClN3O3S. The lowest BCUT2D eigenvalue weighted by Gasteiger charge is -2.08. The molecule has 0 unspecified atom stereocenters. The summed E-state index contributed by atoms with van der Waals surface area (Å²) in [5, 5.41) is 4.04. The number of benzene rings is 1. The number of aromatic nitrogens is 1. The number of halogens is 1. The molecule has 2 aromatic rings. The molecule has 1 aromatic carbocycles. The van der Waals surface area contributed by atoms with Crippen molar-refractivity contribution in [1.82, 2.24) is 9.88 Å². The van der Waals surface area contributed by atoms with Crippen molar-refractivity contribution in [3.8, 4) is 0 Å². The van der Waals surface area contributed by atoms with Crippen LogP contribution < -0.4 is 10.5 Å². The van der Waals surface area contributed by atoms with Gasteiger partial charge in [0.25, 0.3) is 0 Å². The molecule has 0 aliphatic heterocycles. The van der Waals surface area contributed by atoms with Gasteiger partial charge in [-0.05, 0) is 25.1 Å². The smallest absolute Gasteiger partial charge is 0.243 e. The summed E-state index contributed by atoms with van der Waals surface area (Å²) in [6.45, 7) is 1.75. The second kappa shape index (κ2) is 5.20. The molecule has 0 fully saturated rings. The first-order valence-corrected chi connectivity index (χ1v) is 7.21. The van der Waals surface area contributed by atoms with E-state index in [1.54, 1.807) is 13.0 Å².